The zero-order chi connectivity index (χ0) is 13.5. The van der Waals surface area contributed by atoms with Crippen LogP contribution in [0.4, 0.5) is 0 Å². The van der Waals surface area contributed by atoms with E-state index >= 15 is 0 Å². The van der Waals surface area contributed by atoms with Gasteiger partial charge in [0, 0.05) is 30.9 Å². The molecule has 0 spiro atoms. The van der Waals surface area contributed by atoms with Crippen LogP contribution < -0.4 is 10.1 Å². The summed E-state index contributed by atoms with van der Waals surface area (Å²) in [7, 11) is 0. The summed E-state index contributed by atoms with van der Waals surface area (Å²) in [4.78, 5) is 6.62. The largest absolute Gasteiger partial charge is 0.490 e. The maximum Gasteiger partial charge on any atom is 0.142 e. The molecule has 1 fully saturated rings. The molecule has 1 saturated heterocycles. The molecule has 0 aliphatic carbocycles. The van der Waals surface area contributed by atoms with Gasteiger partial charge in [-0.25, -0.2) is 0 Å². The molecular formula is C15H25N3O. The van der Waals surface area contributed by atoms with Crippen LogP contribution in [0.2, 0.25) is 0 Å². The first-order chi connectivity index (χ1) is 9.25. The quantitative estimate of drug-likeness (QED) is 0.817. The monoisotopic (exact) mass is 263 g/mol. The minimum atomic E-state index is 0.477. The summed E-state index contributed by atoms with van der Waals surface area (Å²) in [5.74, 6) is 0.912. The number of ether oxygens (including phenoxy) is 1. The van der Waals surface area contributed by atoms with Crippen molar-refractivity contribution < 1.29 is 4.74 Å². The van der Waals surface area contributed by atoms with Gasteiger partial charge in [0.2, 0.25) is 0 Å². The SMILES string of the molecule is CC(C)NCc1ccncc1OCCN1CCCC1. The molecule has 1 aliphatic heterocycles. The zero-order valence-electron chi connectivity index (χ0n) is 12.1. The van der Waals surface area contributed by atoms with Crippen molar-refractivity contribution in [3.63, 3.8) is 0 Å². The Morgan fingerprint density at radius 2 is 2.16 bits per heavy atom. The standard InChI is InChI=1S/C15H25N3O/c1-13(2)17-11-14-5-6-16-12-15(14)19-10-9-18-7-3-4-8-18/h5-6,12-13,17H,3-4,7-11H2,1-2H3. The van der Waals surface area contributed by atoms with Gasteiger partial charge in [0.15, 0.2) is 0 Å². The second-order valence-electron chi connectivity index (χ2n) is 5.42. The van der Waals surface area contributed by atoms with Crippen LogP contribution in [0, 0.1) is 0 Å². The molecule has 0 bridgehead atoms. The summed E-state index contributed by atoms with van der Waals surface area (Å²) in [6, 6.07) is 2.51. The van der Waals surface area contributed by atoms with Crippen molar-refractivity contribution in [3.8, 4) is 5.75 Å². The maximum absolute atomic E-state index is 5.89. The van der Waals surface area contributed by atoms with Gasteiger partial charge in [-0.15, -0.1) is 0 Å². The Hall–Kier alpha value is -1.13. The Morgan fingerprint density at radius 1 is 1.37 bits per heavy atom. The maximum atomic E-state index is 5.89. The number of aromatic nitrogens is 1. The lowest BCUT2D eigenvalue weighted by atomic mass is 10.2. The van der Waals surface area contributed by atoms with Crippen molar-refractivity contribution >= 4 is 0 Å². The molecule has 0 amide bonds. The highest BCUT2D eigenvalue weighted by molar-refractivity contribution is 5.29. The van der Waals surface area contributed by atoms with E-state index in [0.717, 1.165) is 25.4 Å². The molecule has 0 aromatic carbocycles. The lowest BCUT2D eigenvalue weighted by molar-refractivity contribution is 0.235. The van der Waals surface area contributed by atoms with Crippen LogP contribution in [0.25, 0.3) is 0 Å². The van der Waals surface area contributed by atoms with Crippen LogP contribution in [-0.4, -0.2) is 42.2 Å². The molecule has 0 radical (unpaired) electrons. The van der Waals surface area contributed by atoms with Crippen molar-refractivity contribution in [2.75, 3.05) is 26.2 Å². The fourth-order valence-corrected chi connectivity index (χ4v) is 2.29. The third-order valence-corrected chi connectivity index (χ3v) is 3.43. The molecule has 0 unspecified atom stereocenters. The van der Waals surface area contributed by atoms with E-state index in [9.17, 15) is 0 Å². The van der Waals surface area contributed by atoms with Gasteiger partial charge in [0.1, 0.15) is 12.4 Å². The molecule has 106 valence electrons. The molecular weight excluding hydrogens is 238 g/mol. The second-order valence-corrected chi connectivity index (χ2v) is 5.42. The Bertz CT molecular complexity index is 375. The number of pyridine rings is 1. The highest BCUT2D eigenvalue weighted by Gasteiger charge is 2.11. The summed E-state index contributed by atoms with van der Waals surface area (Å²) < 4.78 is 5.89. The average Bonchev–Trinajstić information content (AvgIpc) is 2.91. The van der Waals surface area contributed by atoms with Gasteiger partial charge in [-0.05, 0) is 32.0 Å². The number of hydrogen-bond acceptors (Lipinski definition) is 4. The molecule has 0 saturated carbocycles. The van der Waals surface area contributed by atoms with Gasteiger partial charge < -0.3 is 10.1 Å². The van der Waals surface area contributed by atoms with E-state index in [0.29, 0.717) is 6.04 Å². The molecule has 4 nitrogen and oxygen atoms in total. The molecule has 2 rings (SSSR count). The Labute approximate surface area is 116 Å². The van der Waals surface area contributed by atoms with E-state index in [2.05, 4.69) is 29.0 Å². The molecule has 1 N–H and O–H groups in total. The first-order valence-electron chi connectivity index (χ1n) is 7.27. The van der Waals surface area contributed by atoms with Gasteiger partial charge in [-0.3, -0.25) is 9.88 Å². The molecule has 4 heteroatoms. The summed E-state index contributed by atoms with van der Waals surface area (Å²) in [6.45, 7) is 9.34. The second kappa shape index (κ2) is 7.46. The molecule has 0 atom stereocenters. The van der Waals surface area contributed by atoms with Crippen LogP contribution in [0.5, 0.6) is 5.75 Å². The van der Waals surface area contributed by atoms with Crippen molar-refractivity contribution in [2.45, 2.75) is 39.3 Å². The van der Waals surface area contributed by atoms with E-state index in [4.69, 9.17) is 4.74 Å². The molecule has 2 heterocycles. The van der Waals surface area contributed by atoms with Crippen LogP contribution in [0.15, 0.2) is 18.5 Å². The van der Waals surface area contributed by atoms with Crippen LogP contribution in [-0.2, 0) is 6.54 Å². The van der Waals surface area contributed by atoms with Gasteiger partial charge in [0.25, 0.3) is 0 Å². The topological polar surface area (TPSA) is 37.4 Å². The van der Waals surface area contributed by atoms with Gasteiger partial charge in [0.05, 0.1) is 6.20 Å². The number of nitrogens with zero attached hydrogens (tertiary/aromatic N) is 2. The molecule has 1 aliphatic rings. The third-order valence-electron chi connectivity index (χ3n) is 3.43. The van der Waals surface area contributed by atoms with Crippen LogP contribution >= 0.6 is 0 Å². The van der Waals surface area contributed by atoms with E-state index in [1.165, 1.54) is 31.5 Å². The Balaban J connectivity index is 1.80. The number of hydrogen-bond donors (Lipinski definition) is 1. The van der Waals surface area contributed by atoms with E-state index in [-0.39, 0.29) is 0 Å². The van der Waals surface area contributed by atoms with E-state index < -0.39 is 0 Å². The number of rotatable bonds is 7. The minimum Gasteiger partial charge on any atom is -0.490 e. The summed E-state index contributed by atoms with van der Waals surface area (Å²) in [5, 5.41) is 3.42. The fourth-order valence-electron chi connectivity index (χ4n) is 2.29. The third kappa shape index (κ3) is 4.80. The van der Waals surface area contributed by atoms with Crippen molar-refractivity contribution in [1.29, 1.82) is 0 Å². The predicted octanol–water partition coefficient (Wildman–Crippen LogP) is 2.05. The lowest BCUT2D eigenvalue weighted by Gasteiger charge is -2.17. The summed E-state index contributed by atoms with van der Waals surface area (Å²) in [5.41, 5.74) is 1.19. The first kappa shape index (κ1) is 14.3. The summed E-state index contributed by atoms with van der Waals surface area (Å²) >= 11 is 0. The van der Waals surface area contributed by atoms with E-state index in [1.54, 1.807) is 0 Å². The minimum absolute atomic E-state index is 0.477. The van der Waals surface area contributed by atoms with E-state index in [1.807, 2.05) is 18.5 Å². The zero-order valence-corrected chi connectivity index (χ0v) is 12.1. The normalized spacial score (nSPS) is 16.2. The lowest BCUT2D eigenvalue weighted by Crippen LogP contribution is -2.26. The average molecular weight is 263 g/mol. The highest BCUT2D eigenvalue weighted by Crippen LogP contribution is 2.16. The number of nitrogens with one attached hydrogen (secondary N) is 1. The van der Waals surface area contributed by atoms with Gasteiger partial charge in [-0.2, -0.15) is 0 Å². The Morgan fingerprint density at radius 3 is 2.89 bits per heavy atom. The van der Waals surface area contributed by atoms with Crippen molar-refractivity contribution in [2.24, 2.45) is 0 Å². The summed E-state index contributed by atoms with van der Waals surface area (Å²) in [6.07, 6.45) is 6.30. The number of likely N-dealkylation sites (tertiary alicyclic amines) is 1. The molecule has 1 aromatic rings. The smallest absolute Gasteiger partial charge is 0.142 e. The Kier molecular flexibility index (Phi) is 5.61. The van der Waals surface area contributed by atoms with Crippen molar-refractivity contribution in [1.82, 2.24) is 15.2 Å². The predicted molar refractivity (Wildman–Crippen MR) is 77.4 cm³/mol. The fraction of sp³-hybridized carbons (Fsp3) is 0.667. The molecule has 1 aromatic heterocycles. The van der Waals surface area contributed by atoms with Crippen molar-refractivity contribution in [3.05, 3.63) is 24.0 Å². The highest BCUT2D eigenvalue weighted by atomic mass is 16.5. The van der Waals surface area contributed by atoms with Gasteiger partial charge in [-0.1, -0.05) is 13.8 Å². The van der Waals surface area contributed by atoms with Crippen LogP contribution in [0.1, 0.15) is 32.3 Å². The van der Waals surface area contributed by atoms with Crippen LogP contribution in [0.3, 0.4) is 0 Å². The first-order valence-corrected chi connectivity index (χ1v) is 7.27. The molecule has 19 heavy (non-hydrogen) atoms. The van der Waals surface area contributed by atoms with Gasteiger partial charge >= 0.3 is 0 Å².